The Labute approximate surface area is 851 Å². The van der Waals surface area contributed by atoms with Gasteiger partial charge in [-0.1, -0.05) is 0 Å². The minimum atomic E-state index is -3.21. The van der Waals surface area contributed by atoms with Crippen LogP contribution in [0.15, 0.2) is 195 Å². The number of sulfone groups is 1. The van der Waals surface area contributed by atoms with Crippen molar-refractivity contribution in [3.63, 3.8) is 0 Å². The van der Waals surface area contributed by atoms with E-state index in [1.54, 1.807) is 151 Å². The molecule has 145 heavy (non-hydrogen) atoms. The molecule has 0 aliphatic carbocycles. The SMILES string of the molecule is CC(=O)CCc1ccc(OC(C)C)cn1.CC(C)Oc1ccc(C(=O)N(C)C)nc1.CC(C)Oc1ccc(C(=O)NO)nc1.CC(C)Oc1ccc(CCC(=O)O)nc1.CC(C)Oc1ccc(CCC(N)=O)nc1.CC(C)Oc1ccc(S(C)(=O)=O)nc1.CC(C)Oc1cccnc1.CCNC(=O)c1ccc(OC(C)C)cn1.CCNC(=O)c1ccc(OC(C)C)cn1.CNC(=O)c1ccc(OC(C)C)cn1.O=C=O. The van der Waals surface area contributed by atoms with Crippen molar-refractivity contribution < 1.29 is 114 Å². The van der Waals surface area contributed by atoms with E-state index in [1.165, 1.54) is 34.9 Å². The van der Waals surface area contributed by atoms with E-state index >= 15 is 0 Å². The van der Waals surface area contributed by atoms with Crippen molar-refractivity contribution in [3.8, 4) is 57.5 Å². The van der Waals surface area contributed by atoms with E-state index in [1.807, 2.05) is 195 Å². The van der Waals surface area contributed by atoms with Crippen LogP contribution < -0.4 is 74.5 Å². The summed E-state index contributed by atoms with van der Waals surface area (Å²) in [6, 6.07) is 34.6. The lowest BCUT2D eigenvalue weighted by Gasteiger charge is -2.11. The van der Waals surface area contributed by atoms with Crippen LogP contribution in [0.5, 0.6) is 57.5 Å². The molecule has 0 spiro atoms. The lowest BCUT2D eigenvalue weighted by molar-refractivity contribution is -0.191. The van der Waals surface area contributed by atoms with E-state index in [-0.39, 0.29) is 120 Å². The summed E-state index contributed by atoms with van der Waals surface area (Å²) in [5.74, 6) is 4.77. The maximum atomic E-state index is 11.5. The van der Waals surface area contributed by atoms with Crippen LogP contribution in [0.4, 0.5) is 0 Å². The molecule has 0 saturated carbocycles. The zero-order valence-corrected chi connectivity index (χ0v) is 88.9. The number of ether oxygens (including phenoxy) is 10. The Kier molecular flexibility index (Phi) is 66.0. The maximum absolute atomic E-state index is 11.5. The highest BCUT2D eigenvalue weighted by molar-refractivity contribution is 7.90. The number of nitrogens with one attached hydrogen (secondary N) is 4. The van der Waals surface area contributed by atoms with Gasteiger partial charge in [0.05, 0.1) is 129 Å². The second-order valence-corrected chi connectivity index (χ2v) is 35.4. The van der Waals surface area contributed by atoms with E-state index in [2.05, 4.69) is 65.8 Å². The number of aliphatic carboxylic acids is 1. The molecule has 0 aliphatic rings. The molecular formula is C104H146N16O24S. The third kappa shape index (κ3) is 65.5. The summed E-state index contributed by atoms with van der Waals surface area (Å²) in [4.78, 5) is 146. The van der Waals surface area contributed by atoms with Crippen molar-refractivity contribution in [3.05, 3.63) is 235 Å². The van der Waals surface area contributed by atoms with Crippen LogP contribution in [0.3, 0.4) is 0 Å². The minimum absolute atomic E-state index is 0.0564. The molecule has 0 atom stereocenters. The van der Waals surface area contributed by atoms with Gasteiger partial charge in [-0.25, -0.2) is 43.8 Å². The third-order valence-electron chi connectivity index (χ3n) is 16.0. The summed E-state index contributed by atoms with van der Waals surface area (Å²) in [5, 5.41) is 24.8. The molecule has 792 valence electrons. The summed E-state index contributed by atoms with van der Waals surface area (Å²) in [7, 11) is 1.75. The van der Waals surface area contributed by atoms with Crippen LogP contribution in [0.1, 0.15) is 248 Å². The molecule has 0 aliphatic heterocycles. The topological polar surface area (TPSA) is 544 Å². The van der Waals surface area contributed by atoms with Crippen LogP contribution in [0.2, 0.25) is 0 Å². The summed E-state index contributed by atoms with van der Waals surface area (Å²) in [5.41, 5.74) is 10.9. The number of aryl methyl sites for hydroxylation is 3. The molecule has 0 unspecified atom stereocenters. The smallest absolute Gasteiger partial charge is 0.373 e. The van der Waals surface area contributed by atoms with Crippen LogP contribution in [0, 0.1) is 0 Å². The second-order valence-electron chi connectivity index (χ2n) is 33.4. The van der Waals surface area contributed by atoms with E-state index in [0.29, 0.717) is 108 Å². The Balaban J connectivity index is 0.00000159. The van der Waals surface area contributed by atoms with Crippen molar-refractivity contribution in [2.45, 2.75) is 264 Å². The van der Waals surface area contributed by atoms with Crippen LogP contribution >= 0.6 is 0 Å². The molecule has 10 rings (SSSR count). The van der Waals surface area contributed by atoms with Crippen LogP contribution in [0.25, 0.3) is 0 Å². The predicted molar refractivity (Wildman–Crippen MR) is 547 cm³/mol. The number of ketones is 1. The summed E-state index contributed by atoms with van der Waals surface area (Å²) >= 11 is 0. The highest BCUT2D eigenvalue weighted by atomic mass is 32.2. The minimum Gasteiger partial charge on any atom is -0.489 e. The number of carboxylic acids is 1. The molecule has 0 bridgehead atoms. The third-order valence-corrected chi connectivity index (χ3v) is 17.0. The Bertz CT molecular complexity index is 5150. The second kappa shape index (κ2) is 73.8. The predicted octanol–water partition coefficient (Wildman–Crippen LogP) is 15.1. The average molecular weight is 2040 g/mol. The van der Waals surface area contributed by atoms with Crippen LogP contribution in [-0.4, -0.2) is 228 Å². The summed E-state index contributed by atoms with van der Waals surface area (Å²) in [6.45, 7) is 45.4. The number of aromatic nitrogens is 10. The number of rotatable bonds is 37. The number of nitrogens with two attached hydrogens (primary N) is 1. The highest BCUT2D eigenvalue weighted by Crippen LogP contribution is 2.21. The van der Waals surface area contributed by atoms with Crippen molar-refractivity contribution in [2.75, 3.05) is 40.5 Å². The van der Waals surface area contributed by atoms with Gasteiger partial charge in [0.2, 0.25) is 5.91 Å². The van der Waals surface area contributed by atoms with Gasteiger partial charge in [0.25, 0.3) is 29.5 Å². The normalized spacial score (nSPS) is 10.2. The zero-order valence-electron chi connectivity index (χ0n) is 88.1. The van der Waals surface area contributed by atoms with E-state index in [4.69, 9.17) is 73.0 Å². The molecular weight excluding hydrogens is 1890 g/mol. The molecule has 6 amide bonds. The number of carbonyl (C=O) groups is 8. The first-order chi connectivity index (χ1) is 68.3. The molecule has 10 aromatic rings. The number of carbonyl (C=O) groups excluding carboxylic acids is 9. The molecule has 10 heterocycles. The first kappa shape index (κ1) is 130. The van der Waals surface area contributed by atoms with Crippen molar-refractivity contribution >= 4 is 63.2 Å². The average Bonchev–Trinajstić information content (AvgIpc) is 0.852. The van der Waals surface area contributed by atoms with Gasteiger partial charge in [0, 0.05) is 83.0 Å². The Morgan fingerprint density at radius 3 is 0.828 bits per heavy atom. The number of pyridine rings is 10. The molecule has 10 aromatic heterocycles. The van der Waals surface area contributed by atoms with Crippen molar-refractivity contribution in [1.29, 1.82) is 0 Å². The number of amides is 6. The van der Waals surface area contributed by atoms with E-state index in [0.717, 1.165) is 40.6 Å². The number of Topliss-reactive ketones (excluding diaryl/α,β-unsaturated/α-hetero) is 1. The lowest BCUT2D eigenvalue weighted by Crippen LogP contribution is -2.23. The zero-order chi connectivity index (χ0) is 110. The number of carboxylic acid groups (broad SMARTS) is 1. The quantitative estimate of drug-likeness (QED) is 0.0140. The fourth-order valence-corrected chi connectivity index (χ4v) is 10.9. The van der Waals surface area contributed by atoms with Gasteiger partial charge < -0.3 is 83.9 Å². The van der Waals surface area contributed by atoms with Gasteiger partial charge in [-0.2, -0.15) is 9.59 Å². The molecule has 0 aromatic carbocycles. The Hall–Kier alpha value is -15.3. The monoisotopic (exact) mass is 2040 g/mol. The van der Waals surface area contributed by atoms with Crippen molar-refractivity contribution in [1.82, 2.24) is 76.2 Å². The number of nitrogens with zero attached hydrogens (tertiary/aromatic N) is 11. The number of hydrogen-bond donors (Lipinski definition) is 7. The molecule has 8 N–H and O–H groups in total. The van der Waals surface area contributed by atoms with Gasteiger partial charge in [-0.05, 0) is 293 Å². The number of primary amides is 1. The first-order valence-electron chi connectivity index (χ1n) is 46.7. The first-order valence-corrected chi connectivity index (χ1v) is 48.6. The maximum Gasteiger partial charge on any atom is 0.373 e. The summed E-state index contributed by atoms with van der Waals surface area (Å²) in [6.07, 6.45) is 22.8. The Morgan fingerprint density at radius 2 is 0.621 bits per heavy atom. The van der Waals surface area contributed by atoms with Crippen molar-refractivity contribution in [2.24, 2.45) is 5.73 Å². The molecule has 0 saturated heterocycles. The largest absolute Gasteiger partial charge is 0.489 e. The van der Waals surface area contributed by atoms with E-state index < -0.39 is 21.7 Å². The lowest BCUT2D eigenvalue weighted by atomic mass is 10.2. The summed E-state index contributed by atoms with van der Waals surface area (Å²) < 4.78 is 76.1. The fraction of sp³-hybridized carbons (Fsp3) is 0.433. The van der Waals surface area contributed by atoms with E-state index in [9.17, 15) is 46.8 Å². The van der Waals surface area contributed by atoms with Crippen LogP contribution in [-0.2, 0) is 53.1 Å². The van der Waals surface area contributed by atoms with Gasteiger partial charge in [-0.15, -0.1) is 0 Å². The molecule has 0 fully saturated rings. The number of hydrogen-bond acceptors (Lipinski definition) is 33. The van der Waals surface area contributed by atoms with Gasteiger partial charge in [0.1, 0.15) is 91.7 Å². The molecule has 41 heteroatoms. The molecule has 40 nitrogen and oxygen atoms in total. The highest BCUT2D eigenvalue weighted by Gasteiger charge is 2.15. The molecule has 0 radical (unpaired) electrons. The Morgan fingerprint density at radius 1 is 0.366 bits per heavy atom. The van der Waals surface area contributed by atoms with Gasteiger partial charge >= 0.3 is 12.1 Å². The number of hydroxylamine groups is 1. The van der Waals surface area contributed by atoms with Gasteiger partial charge in [0.15, 0.2) is 14.9 Å². The fourth-order valence-electron chi connectivity index (χ4n) is 10.3. The van der Waals surface area contributed by atoms with Gasteiger partial charge in [-0.3, -0.25) is 58.7 Å². The standard InChI is InChI=1S/C12H17NO2.4C11H16N2O2.C11H15NO3.C10H14N2O2.C9H12N2O3.C9H13NO3S.C8H11NO.CO2/c1-9(2)15-12-7-6-11(13-8-12)5-4-10(3)14;1-8(2)15-9-5-6-10(12-7-9)11(14)13(3)4;1-8(2)15-10-5-3-9(13-7-10)4-6-11(12)14;2*1-4-12-11(14)10-6-5-9(7-13-10)15-8(2)3;1-8(2)15-10-5-3-9(12-7-10)4-6-11(13)14;1-7(2)14-8-4-5-9(12-6-8)10(13)11-3;1-6(2)14-7-3-4-8(10-5-7)9(12)11-13;1-7(2)13-8-4-5-9(10-6-8)14(3,11)12;1-7(2)10-8-4-3-5-9-6-8;2-1-3/h6-9H,4-5H2,1-3H3;5-8H,1-4H3;3,5,7-8H,4,6H2,1-2H3,(H2,12,14);2*5-8H,4H2,1-3H3,(H,12,14);3,5,7-8H,4,6H2,1-2H3,(H,13,14);4-7H,1-3H3,(H,11,13);3-6,13H,1-2H3,(H,11,12);4-7H,1-3H3;3-7H,1-2H3;.